The normalized spacial score (nSPS) is 16.9. The van der Waals surface area contributed by atoms with Crippen LogP contribution in [-0.2, 0) is 20.8 Å². The van der Waals surface area contributed by atoms with Gasteiger partial charge in [-0.05, 0) is 50.3 Å². The van der Waals surface area contributed by atoms with E-state index in [1.165, 1.54) is 28.5 Å². The number of pyridine rings is 1. The lowest BCUT2D eigenvalue weighted by Crippen LogP contribution is -3.00. The summed E-state index contributed by atoms with van der Waals surface area (Å²) in [5.41, 5.74) is 5.06. The highest BCUT2D eigenvalue weighted by atomic mass is 35.5. The van der Waals surface area contributed by atoms with E-state index in [4.69, 9.17) is 9.47 Å². The predicted molar refractivity (Wildman–Crippen MR) is 108 cm³/mol. The van der Waals surface area contributed by atoms with Gasteiger partial charge in [0.05, 0.1) is 0 Å². The van der Waals surface area contributed by atoms with Gasteiger partial charge >= 0.3 is 5.97 Å². The molecule has 2 heterocycles. The van der Waals surface area contributed by atoms with Crippen LogP contribution in [0.1, 0.15) is 60.5 Å². The number of carbonyl (C=O) groups excluding carboxylic acids is 1. The molecule has 0 bridgehead atoms. The van der Waals surface area contributed by atoms with Gasteiger partial charge < -0.3 is 21.9 Å². The highest BCUT2D eigenvalue weighted by molar-refractivity contribution is 5.69. The number of allylic oxidation sites excluding steroid dienone is 1. The highest BCUT2D eigenvalue weighted by Gasteiger charge is 2.25. The topological polar surface area (TPSA) is 39.4 Å². The van der Waals surface area contributed by atoms with Gasteiger partial charge in [-0.1, -0.05) is 23.8 Å². The molecule has 1 atom stereocenters. The maximum absolute atomic E-state index is 12.0. The monoisotopic (exact) mass is 415 g/mol. The lowest BCUT2D eigenvalue weighted by atomic mass is 9.94. The fourth-order valence-electron chi connectivity index (χ4n) is 3.90. The van der Waals surface area contributed by atoms with E-state index < -0.39 is 0 Å². The lowest BCUT2D eigenvalue weighted by Gasteiger charge is -2.17. The fraction of sp³-hybridized carbons (Fsp3) is 0.417. The Kier molecular flexibility index (Phi) is 8.71. The van der Waals surface area contributed by atoms with Crippen molar-refractivity contribution in [1.29, 1.82) is 0 Å². The van der Waals surface area contributed by atoms with E-state index in [0.717, 1.165) is 38.0 Å². The van der Waals surface area contributed by atoms with Gasteiger partial charge in [-0.2, -0.15) is 0 Å². The molecule has 1 aromatic carbocycles. The largest absolute Gasteiger partial charge is 1.00 e. The summed E-state index contributed by atoms with van der Waals surface area (Å²) >= 11 is 0. The molecule has 1 aliphatic rings. The predicted octanol–water partition coefficient (Wildman–Crippen LogP) is 2.01. The number of aromatic nitrogens is 1. The number of nitrogens with zero attached hydrogens (tertiary/aromatic N) is 1. The van der Waals surface area contributed by atoms with E-state index >= 15 is 0 Å². The Bertz CT molecular complexity index is 825. The highest BCUT2D eigenvalue weighted by Crippen LogP contribution is 2.38. The Morgan fingerprint density at radius 2 is 1.83 bits per heavy atom. The van der Waals surface area contributed by atoms with E-state index in [0.29, 0.717) is 6.42 Å². The molecule has 2 aromatic rings. The number of carbonyl (C=O) groups is 1. The molecule has 5 heteroatoms. The Balaban J connectivity index is 0.00000300. The van der Waals surface area contributed by atoms with Crippen molar-refractivity contribution >= 4 is 5.97 Å². The average molecular weight is 416 g/mol. The Morgan fingerprint density at radius 1 is 1.14 bits per heavy atom. The molecule has 0 amide bonds. The zero-order valence-corrected chi connectivity index (χ0v) is 18.2. The van der Waals surface area contributed by atoms with Crippen LogP contribution in [0.3, 0.4) is 0 Å². The van der Waals surface area contributed by atoms with Crippen molar-refractivity contribution in [2.45, 2.75) is 65.5 Å². The molecule has 1 aromatic heterocycles. The molecule has 1 aliphatic heterocycles. The molecule has 0 N–H and O–H groups in total. The van der Waals surface area contributed by atoms with Gasteiger partial charge in [0, 0.05) is 31.4 Å². The molecule has 1 fully saturated rings. The second-order valence-corrected chi connectivity index (χ2v) is 7.60. The first-order chi connectivity index (χ1) is 13.5. The number of esters is 1. The summed E-state index contributed by atoms with van der Waals surface area (Å²) in [6, 6.07) is 10.4. The number of hydrogen-bond donors (Lipinski definition) is 0. The summed E-state index contributed by atoms with van der Waals surface area (Å²) in [4.78, 5) is 12.0. The number of benzene rings is 1. The number of unbranched alkanes of at least 4 members (excludes halogenated alkanes) is 1. The summed E-state index contributed by atoms with van der Waals surface area (Å²) in [5.74, 6) is 0.567. The van der Waals surface area contributed by atoms with Crippen LogP contribution in [0.2, 0.25) is 0 Å². The third kappa shape index (κ3) is 6.60. The SMILES string of the molecule is Cc1cc(C)c(C2CCC(=COC(=O)CCCC[n+]3ccccc3)O2)c(C)c1.[Cl-]. The molecule has 1 unspecified atom stereocenters. The number of hydrogen-bond acceptors (Lipinski definition) is 3. The quantitative estimate of drug-likeness (QED) is 0.300. The van der Waals surface area contributed by atoms with E-state index in [1.54, 1.807) is 0 Å². The van der Waals surface area contributed by atoms with E-state index in [2.05, 4.69) is 37.5 Å². The first kappa shape index (κ1) is 23.0. The van der Waals surface area contributed by atoms with Crippen molar-refractivity contribution in [3.63, 3.8) is 0 Å². The Labute approximate surface area is 180 Å². The second kappa shape index (κ2) is 11.0. The molecule has 0 radical (unpaired) electrons. The van der Waals surface area contributed by atoms with E-state index in [1.807, 2.05) is 30.6 Å². The molecular formula is C24H30ClNO3. The van der Waals surface area contributed by atoms with Crippen LogP contribution < -0.4 is 17.0 Å². The first-order valence-corrected chi connectivity index (χ1v) is 10.1. The molecular weight excluding hydrogens is 386 g/mol. The molecule has 29 heavy (non-hydrogen) atoms. The minimum absolute atomic E-state index is 0. The van der Waals surface area contributed by atoms with E-state index in [9.17, 15) is 4.79 Å². The Morgan fingerprint density at radius 3 is 2.52 bits per heavy atom. The maximum atomic E-state index is 12.0. The third-order valence-corrected chi connectivity index (χ3v) is 5.15. The molecule has 156 valence electrons. The first-order valence-electron chi connectivity index (χ1n) is 10.1. The van der Waals surface area contributed by atoms with Crippen molar-refractivity contribution in [1.82, 2.24) is 0 Å². The maximum Gasteiger partial charge on any atom is 0.310 e. The zero-order valence-electron chi connectivity index (χ0n) is 17.5. The van der Waals surface area contributed by atoms with Gasteiger partial charge in [0.2, 0.25) is 0 Å². The van der Waals surface area contributed by atoms with Gasteiger partial charge in [-0.15, -0.1) is 0 Å². The second-order valence-electron chi connectivity index (χ2n) is 7.60. The molecule has 0 saturated carbocycles. The molecule has 0 spiro atoms. The van der Waals surface area contributed by atoms with Crippen LogP contribution in [0.4, 0.5) is 0 Å². The van der Waals surface area contributed by atoms with Crippen LogP contribution in [-0.4, -0.2) is 5.97 Å². The van der Waals surface area contributed by atoms with E-state index in [-0.39, 0.29) is 24.5 Å². The standard InChI is InChI=1S/C24H30NO3.ClH/c1-18-15-19(2)24(20(3)16-18)22-11-10-21(28-22)17-27-23(26)9-5-8-14-25-12-6-4-7-13-25;/h4,6-7,12-13,15-17,22H,5,8-11,14H2,1-3H3;1H/q+1;/p-1. The van der Waals surface area contributed by atoms with Crippen molar-refractivity contribution in [2.75, 3.05) is 0 Å². The minimum atomic E-state index is -0.194. The smallest absolute Gasteiger partial charge is 0.310 e. The van der Waals surface area contributed by atoms with Crippen LogP contribution in [0.5, 0.6) is 0 Å². The number of rotatable bonds is 7. The summed E-state index contributed by atoms with van der Waals surface area (Å²) < 4.78 is 13.5. The molecule has 0 aliphatic carbocycles. The number of halogens is 1. The average Bonchev–Trinajstić information content (AvgIpc) is 3.12. The van der Waals surface area contributed by atoms with Crippen molar-refractivity contribution in [2.24, 2.45) is 0 Å². The van der Waals surface area contributed by atoms with Crippen molar-refractivity contribution in [3.05, 3.63) is 77.0 Å². The van der Waals surface area contributed by atoms with Gasteiger partial charge in [0.15, 0.2) is 12.4 Å². The van der Waals surface area contributed by atoms with Gasteiger partial charge in [0.25, 0.3) is 0 Å². The fourth-order valence-corrected chi connectivity index (χ4v) is 3.90. The van der Waals surface area contributed by atoms with Crippen molar-refractivity contribution < 1.29 is 31.2 Å². The Hall–Kier alpha value is -2.33. The van der Waals surface area contributed by atoms with Crippen LogP contribution in [0.25, 0.3) is 0 Å². The molecule has 1 saturated heterocycles. The van der Waals surface area contributed by atoms with Gasteiger partial charge in [-0.25, -0.2) is 4.57 Å². The lowest BCUT2D eigenvalue weighted by molar-refractivity contribution is -0.697. The molecule has 4 nitrogen and oxygen atoms in total. The van der Waals surface area contributed by atoms with Crippen molar-refractivity contribution in [3.8, 4) is 0 Å². The van der Waals surface area contributed by atoms with Crippen LogP contribution in [0, 0.1) is 20.8 Å². The summed E-state index contributed by atoms with van der Waals surface area (Å²) in [7, 11) is 0. The van der Waals surface area contributed by atoms with Gasteiger partial charge in [0.1, 0.15) is 24.7 Å². The minimum Gasteiger partial charge on any atom is -1.00 e. The van der Waals surface area contributed by atoms with Crippen LogP contribution in [0.15, 0.2) is 54.7 Å². The zero-order chi connectivity index (χ0) is 19.9. The molecule has 3 rings (SSSR count). The van der Waals surface area contributed by atoms with Crippen LogP contribution >= 0.6 is 0 Å². The third-order valence-electron chi connectivity index (χ3n) is 5.15. The summed E-state index contributed by atoms with van der Waals surface area (Å²) in [6.45, 7) is 7.29. The number of ether oxygens (including phenoxy) is 2. The van der Waals surface area contributed by atoms with Gasteiger partial charge in [-0.3, -0.25) is 4.79 Å². The summed E-state index contributed by atoms with van der Waals surface area (Å²) in [5, 5.41) is 0. The summed E-state index contributed by atoms with van der Waals surface area (Å²) in [6.07, 6.45) is 9.54. The number of aryl methyl sites for hydroxylation is 4.